The number of benzene rings is 2. The van der Waals surface area contributed by atoms with Gasteiger partial charge in [0.25, 0.3) is 0 Å². The first-order chi connectivity index (χ1) is 15.0. The third-order valence-electron chi connectivity index (χ3n) is 4.86. The Morgan fingerprint density at radius 3 is 2.44 bits per heavy atom. The second-order valence-electron chi connectivity index (χ2n) is 8.81. The van der Waals surface area contributed by atoms with Gasteiger partial charge in [0.15, 0.2) is 5.78 Å². The van der Waals surface area contributed by atoms with Gasteiger partial charge in [-0.1, -0.05) is 32.9 Å². The maximum atomic E-state index is 12.5. The molecule has 2 N–H and O–H groups in total. The SMILES string of the molecule is Cc1c(OCc2cnc(-c3cccc(C(=O)O)c3)cn2)ccc(C(=O)CC(C)(C)C)c1O. The Morgan fingerprint density at radius 2 is 1.81 bits per heavy atom. The fourth-order valence-electron chi connectivity index (χ4n) is 3.18. The number of carbonyl (C=O) groups excluding carboxylic acids is 1. The van der Waals surface area contributed by atoms with E-state index < -0.39 is 5.97 Å². The monoisotopic (exact) mass is 434 g/mol. The highest BCUT2D eigenvalue weighted by atomic mass is 16.5. The number of phenolic OH excluding ortho intramolecular Hbond substituents is 1. The topological polar surface area (TPSA) is 110 Å². The quantitative estimate of drug-likeness (QED) is 0.501. The zero-order chi connectivity index (χ0) is 23.5. The molecule has 0 saturated carbocycles. The molecule has 0 spiro atoms. The first-order valence-corrected chi connectivity index (χ1v) is 10.2. The Kier molecular flexibility index (Phi) is 6.58. The van der Waals surface area contributed by atoms with Gasteiger partial charge in [-0.15, -0.1) is 0 Å². The minimum atomic E-state index is -1.01. The number of Topliss-reactive ketones (excluding diaryl/α,β-unsaturated/α-hetero) is 1. The average molecular weight is 434 g/mol. The molecule has 0 unspecified atom stereocenters. The molecule has 0 saturated heterocycles. The van der Waals surface area contributed by atoms with E-state index in [1.165, 1.54) is 12.1 Å². The number of hydrogen-bond donors (Lipinski definition) is 2. The number of aromatic carboxylic acids is 1. The number of ketones is 1. The van der Waals surface area contributed by atoms with Crippen LogP contribution in [0.3, 0.4) is 0 Å². The van der Waals surface area contributed by atoms with E-state index in [1.54, 1.807) is 43.6 Å². The summed E-state index contributed by atoms with van der Waals surface area (Å²) >= 11 is 0. The number of carboxylic acid groups (broad SMARTS) is 1. The first kappa shape index (κ1) is 22.9. The van der Waals surface area contributed by atoms with Crippen molar-refractivity contribution in [2.75, 3.05) is 0 Å². The molecule has 0 aliphatic rings. The summed E-state index contributed by atoms with van der Waals surface area (Å²) in [7, 11) is 0. The van der Waals surface area contributed by atoms with E-state index in [-0.39, 0.29) is 34.7 Å². The van der Waals surface area contributed by atoms with Crippen molar-refractivity contribution in [2.45, 2.75) is 40.7 Å². The highest BCUT2D eigenvalue weighted by molar-refractivity contribution is 5.99. The van der Waals surface area contributed by atoms with Crippen molar-refractivity contribution in [1.82, 2.24) is 9.97 Å². The van der Waals surface area contributed by atoms with Crippen LogP contribution in [-0.4, -0.2) is 31.9 Å². The molecule has 7 heteroatoms. The first-order valence-electron chi connectivity index (χ1n) is 10.2. The molecule has 0 fully saturated rings. The molecule has 0 atom stereocenters. The Hall–Kier alpha value is -3.74. The van der Waals surface area contributed by atoms with Crippen LogP contribution < -0.4 is 4.74 Å². The van der Waals surface area contributed by atoms with Crippen LogP contribution in [0.1, 0.15) is 59.2 Å². The van der Waals surface area contributed by atoms with Crippen LogP contribution in [0.25, 0.3) is 11.3 Å². The van der Waals surface area contributed by atoms with Crippen molar-refractivity contribution in [3.05, 3.63) is 71.2 Å². The van der Waals surface area contributed by atoms with Gasteiger partial charge in [-0.2, -0.15) is 0 Å². The van der Waals surface area contributed by atoms with Crippen LogP contribution in [0.15, 0.2) is 48.8 Å². The largest absolute Gasteiger partial charge is 0.507 e. The molecule has 7 nitrogen and oxygen atoms in total. The molecule has 0 aliphatic carbocycles. The molecule has 3 rings (SSSR count). The van der Waals surface area contributed by atoms with Gasteiger partial charge in [-0.3, -0.25) is 14.8 Å². The van der Waals surface area contributed by atoms with Crippen LogP contribution in [0.5, 0.6) is 11.5 Å². The summed E-state index contributed by atoms with van der Waals surface area (Å²) in [5.41, 5.74) is 2.55. The van der Waals surface area contributed by atoms with Crippen molar-refractivity contribution >= 4 is 11.8 Å². The summed E-state index contributed by atoms with van der Waals surface area (Å²) in [6, 6.07) is 9.72. The number of nitrogens with zero attached hydrogens (tertiary/aromatic N) is 2. The van der Waals surface area contributed by atoms with Crippen LogP contribution in [0.4, 0.5) is 0 Å². The van der Waals surface area contributed by atoms with E-state index in [2.05, 4.69) is 9.97 Å². The van der Waals surface area contributed by atoms with E-state index in [0.29, 0.717) is 34.7 Å². The van der Waals surface area contributed by atoms with Gasteiger partial charge >= 0.3 is 5.97 Å². The molecule has 2 aromatic carbocycles. The summed E-state index contributed by atoms with van der Waals surface area (Å²) in [5.74, 6) is -0.737. The van der Waals surface area contributed by atoms with Crippen molar-refractivity contribution in [3.63, 3.8) is 0 Å². The Bertz CT molecular complexity index is 1150. The average Bonchev–Trinajstić information content (AvgIpc) is 2.74. The predicted octanol–water partition coefficient (Wildman–Crippen LogP) is 5.05. The molecule has 3 aromatic rings. The van der Waals surface area contributed by atoms with E-state index >= 15 is 0 Å². The Labute approximate surface area is 186 Å². The molecule has 1 aromatic heterocycles. The second kappa shape index (κ2) is 9.18. The minimum absolute atomic E-state index is 0.0727. The number of hydrogen-bond acceptors (Lipinski definition) is 6. The molecular formula is C25H26N2O5. The van der Waals surface area contributed by atoms with Crippen LogP contribution in [0, 0.1) is 12.3 Å². The maximum absolute atomic E-state index is 12.5. The standard InChI is InChI=1S/C25H26N2O5/c1-15-22(9-8-19(23(15)29)21(28)11-25(2,3)4)32-14-18-12-27-20(13-26-18)16-6-5-7-17(10-16)24(30)31/h5-10,12-13,29H,11,14H2,1-4H3,(H,30,31). The van der Waals surface area contributed by atoms with Crippen molar-refractivity contribution in [2.24, 2.45) is 5.41 Å². The summed E-state index contributed by atoms with van der Waals surface area (Å²) in [5, 5.41) is 19.6. The summed E-state index contributed by atoms with van der Waals surface area (Å²) in [6.07, 6.45) is 3.44. The summed E-state index contributed by atoms with van der Waals surface area (Å²) in [6.45, 7) is 7.74. The second-order valence-corrected chi connectivity index (χ2v) is 8.81. The third kappa shape index (κ3) is 5.49. The van der Waals surface area contributed by atoms with E-state index in [4.69, 9.17) is 9.84 Å². The van der Waals surface area contributed by atoms with Crippen molar-refractivity contribution in [1.29, 1.82) is 0 Å². The van der Waals surface area contributed by atoms with Crippen LogP contribution in [0.2, 0.25) is 0 Å². The lowest BCUT2D eigenvalue weighted by Gasteiger charge is -2.18. The van der Waals surface area contributed by atoms with E-state index in [0.717, 1.165) is 0 Å². The van der Waals surface area contributed by atoms with Crippen LogP contribution in [-0.2, 0) is 6.61 Å². The molecular weight excluding hydrogens is 408 g/mol. The fraction of sp³-hybridized carbons (Fsp3) is 0.280. The fourth-order valence-corrected chi connectivity index (χ4v) is 3.18. The lowest BCUT2D eigenvalue weighted by Crippen LogP contribution is -2.13. The lowest BCUT2D eigenvalue weighted by molar-refractivity contribution is 0.0696. The molecule has 32 heavy (non-hydrogen) atoms. The molecule has 0 radical (unpaired) electrons. The lowest BCUT2D eigenvalue weighted by atomic mass is 9.87. The highest BCUT2D eigenvalue weighted by Gasteiger charge is 2.21. The van der Waals surface area contributed by atoms with Crippen molar-refractivity contribution < 1.29 is 24.5 Å². The normalized spacial score (nSPS) is 11.2. The molecule has 0 bridgehead atoms. The summed E-state index contributed by atoms with van der Waals surface area (Å²) < 4.78 is 5.78. The third-order valence-corrected chi connectivity index (χ3v) is 4.86. The van der Waals surface area contributed by atoms with E-state index in [1.807, 2.05) is 20.8 Å². The number of ether oxygens (including phenoxy) is 1. The zero-order valence-electron chi connectivity index (χ0n) is 18.5. The summed E-state index contributed by atoms with van der Waals surface area (Å²) in [4.78, 5) is 32.3. The van der Waals surface area contributed by atoms with Crippen molar-refractivity contribution in [3.8, 4) is 22.8 Å². The van der Waals surface area contributed by atoms with Gasteiger partial charge < -0.3 is 14.9 Å². The van der Waals surface area contributed by atoms with Gasteiger partial charge in [-0.25, -0.2) is 4.79 Å². The maximum Gasteiger partial charge on any atom is 0.335 e. The highest BCUT2D eigenvalue weighted by Crippen LogP contribution is 2.33. The smallest absolute Gasteiger partial charge is 0.335 e. The van der Waals surface area contributed by atoms with Crippen LogP contribution >= 0.6 is 0 Å². The molecule has 0 aliphatic heterocycles. The number of carbonyl (C=O) groups is 2. The number of aromatic hydroxyl groups is 1. The van der Waals surface area contributed by atoms with Gasteiger partial charge in [0, 0.05) is 17.5 Å². The molecule has 0 amide bonds. The zero-order valence-corrected chi connectivity index (χ0v) is 18.5. The van der Waals surface area contributed by atoms with Gasteiger partial charge in [0.05, 0.1) is 34.9 Å². The predicted molar refractivity (Wildman–Crippen MR) is 120 cm³/mol. The van der Waals surface area contributed by atoms with Gasteiger partial charge in [0.2, 0.25) is 0 Å². The Balaban J connectivity index is 1.70. The van der Waals surface area contributed by atoms with Gasteiger partial charge in [0.1, 0.15) is 18.1 Å². The molecule has 1 heterocycles. The minimum Gasteiger partial charge on any atom is -0.507 e. The van der Waals surface area contributed by atoms with E-state index in [9.17, 15) is 14.7 Å². The number of phenols is 1. The number of carboxylic acids is 1. The Morgan fingerprint density at radius 1 is 1.06 bits per heavy atom. The number of rotatable bonds is 7. The van der Waals surface area contributed by atoms with Gasteiger partial charge in [-0.05, 0) is 36.6 Å². The number of aromatic nitrogens is 2. The molecule has 166 valence electrons.